The van der Waals surface area contributed by atoms with Gasteiger partial charge in [0.1, 0.15) is 5.82 Å². The molecule has 0 aliphatic carbocycles. The van der Waals surface area contributed by atoms with E-state index in [-0.39, 0.29) is 12.2 Å². The standard InChI is InChI=1S/C23H23F4N5O/c1-30(15-16-5-9-18(10-6-16)31-13-3-2-4-14-31)22(33)20-21(23(25,26)27)32(29-28-20)19-11-7-17(24)8-12-19/h5-12H,2-4,13-15H2,1H3. The average molecular weight is 461 g/mol. The van der Waals surface area contributed by atoms with Gasteiger partial charge >= 0.3 is 6.18 Å². The minimum absolute atomic E-state index is 0.0498. The number of amides is 1. The van der Waals surface area contributed by atoms with Crippen molar-refractivity contribution in [3.63, 3.8) is 0 Å². The average Bonchev–Trinajstić information content (AvgIpc) is 3.26. The van der Waals surface area contributed by atoms with Crippen molar-refractivity contribution in [3.8, 4) is 5.69 Å². The first-order chi connectivity index (χ1) is 15.7. The Bertz CT molecular complexity index is 1100. The highest BCUT2D eigenvalue weighted by Crippen LogP contribution is 2.33. The van der Waals surface area contributed by atoms with Gasteiger partial charge < -0.3 is 9.80 Å². The van der Waals surface area contributed by atoms with Crippen LogP contribution >= 0.6 is 0 Å². The molecule has 0 atom stereocenters. The van der Waals surface area contributed by atoms with Gasteiger partial charge in [0.25, 0.3) is 5.91 Å². The molecule has 0 spiro atoms. The van der Waals surface area contributed by atoms with Gasteiger partial charge in [-0.05, 0) is 61.2 Å². The number of carbonyl (C=O) groups excluding carboxylic acids is 1. The number of halogens is 4. The van der Waals surface area contributed by atoms with Crippen molar-refractivity contribution in [2.75, 3.05) is 25.0 Å². The fourth-order valence-electron chi connectivity index (χ4n) is 3.93. The number of hydrogen-bond donors (Lipinski definition) is 0. The van der Waals surface area contributed by atoms with Crippen molar-refractivity contribution in [2.24, 2.45) is 0 Å². The van der Waals surface area contributed by atoms with Crippen LogP contribution in [0.15, 0.2) is 48.5 Å². The molecule has 2 aromatic carbocycles. The number of piperidine rings is 1. The summed E-state index contributed by atoms with van der Waals surface area (Å²) < 4.78 is 55.2. The number of aromatic nitrogens is 3. The summed E-state index contributed by atoms with van der Waals surface area (Å²) in [4.78, 5) is 16.3. The van der Waals surface area contributed by atoms with E-state index in [4.69, 9.17) is 0 Å². The van der Waals surface area contributed by atoms with Crippen LogP contribution in [-0.2, 0) is 12.7 Å². The van der Waals surface area contributed by atoms with Crippen molar-refractivity contribution in [3.05, 3.63) is 71.3 Å². The molecule has 1 aromatic heterocycles. The van der Waals surface area contributed by atoms with E-state index in [1.807, 2.05) is 24.3 Å². The van der Waals surface area contributed by atoms with Gasteiger partial charge in [0.05, 0.1) is 5.69 Å². The van der Waals surface area contributed by atoms with Crippen molar-refractivity contribution in [1.29, 1.82) is 0 Å². The van der Waals surface area contributed by atoms with Crippen LogP contribution in [0.25, 0.3) is 5.69 Å². The smallest absolute Gasteiger partial charge is 0.372 e. The Labute approximate surface area is 188 Å². The molecule has 174 valence electrons. The summed E-state index contributed by atoms with van der Waals surface area (Å²) in [6.07, 6.45) is -1.36. The molecule has 0 N–H and O–H groups in total. The van der Waals surface area contributed by atoms with Gasteiger partial charge in [0, 0.05) is 32.4 Å². The van der Waals surface area contributed by atoms with Gasteiger partial charge in [-0.2, -0.15) is 13.2 Å². The molecule has 3 aromatic rings. The topological polar surface area (TPSA) is 54.3 Å². The summed E-state index contributed by atoms with van der Waals surface area (Å²) in [5.74, 6) is -1.51. The summed E-state index contributed by atoms with van der Waals surface area (Å²) in [5.41, 5.74) is -0.281. The lowest BCUT2D eigenvalue weighted by Crippen LogP contribution is -2.30. The quantitative estimate of drug-likeness (QED) is 0.518. The number of rotatable bonds is 5. The molecule has 0 bridgehead atoms. The molecule has 33 heavy (non-hydrogen) atoms. The van der Waals surface area contributed by atoms with E-state index in [1.165, 1.54) is 18.4 Å². The predicted octanol–water partition coefficient (Wildman–Crippen LogP) is 4.69. The largest absolute Gasteiger partial charge is 0.435 e. The third-order valence-corrected chi connectivity index (χ3v) is 5.64. The van der Waals surface area contributed by atoms with E-state index < -0.39 is 29.3 Å². The Balaban J connectivity index is 1.54. The second kappa shape index (κ2) is 9.21. The number of nitrogens with zero attached hydrogens (tertiary/aromatic N) is 5. The van der Waals surface area contributed by atoms with E-state index in [1.54, 1.807) is 0 Å². The first-order valence-corrected chi connectivity index (χ1v) is 10.6. The zero-order valence-corrected chi connectivity index (χ0v) is 18.0. The Morgan fingerprint density at radius 3 is 2.18 bits per heavy atom. The maximum atomic E-state index is 13.8. The molecule has 1 fully saturated rings. The predicted molar refractivity (Wildman–Crippen MR) is 115 cm³/mol. The van der Waals surface area contributed by atoms with Gasteiger partial charge in [0.15, 0.2) is 11.4 Å². The second-order valence-corrected chi connectivity index (χ2v) is 8.05. The molecular formula is C23H23F4N5O. The van der Waals surface area contributed by atoms with Gasteiger partial charge in [-0.3, -0.25) is 4.79 Å². The van der Waals surface area contributed by atoms with E-state index in [9.17, 15) is 22.4 Å². The van der Waals surface area contributed by atoms with Gasteiger partial charge in [-0.1, -0.05) is 17.3 Å². The molecule has 2 heterocycles. The van der Waals surface area contributed by atoms with Crippen molar-refractivity contribution in [2.45, 2.75) is 32.0 Å². The highest BCUT2D eigenvalue weighted by Gasteiger charge is 2.42. The highest BCUT2D eigenvalue weighted by atomic mass is 19.4. The van der Waals surface area contributed by atoms with Crippen molar-refractivity contribution < 1.29 is 22.4 Å². The number of hydrogen-bond acceptors (Lipinski definition) is 4. The minimum atomic E-state index is -4.89. The van der Waals surface area contributed by atoms with Crippen LogP contribution in [-0.4, -0.2) is 45.9 Å². The summed E-state index contributed by atoms with van der Waals surface area (Å²) in [6, 6.07) is 12.0. The maximum Gasteiger partial charge on any atom is 0.435 e. The number of benzene rings is 2. The molecule has 1 aliphatic heterocycles. The molecule has 0 saturated carbocycles. The molecule has 1 aliphatic rings. The van der Waals surface area contributed by atoms with Crippen LogP contribution < -0.4 is 4.90 Å². The number of alkyl halides is 3. The van der Waals surface area contributed by atoms with Crippen LogP contribution in [0.3, 0.4) is 0 Å². The van der Waals surface area contributed by atoms with Crippen molar-refractivity contribution in [1.82, 2.24) is 19.9 Å². The Morgan fingerprint density at radius 1 is 0.970 bits per heavy atom. The van der Waals surface area contributed by atoms with E-state index in [0.717, 1.165) is 61.4 Å². The molecule has 10 heteroatoms. The summed E-state index contributed by atoms with van der Waals surface area (Å²) in [7, 11) is 1.41. The maximum absolute atomic E-state index is 13.8. The number of anilines is 1. The third kappa shape index (κ3) is 4.99. The van der Waals surface area contributed by atoms with E-state index >= 15 is 0 Å². The van der Waals surface area contributed by atoms with E-state index in [2.05, 4.69) is 15.2 Å². The molecule has 4 rings (SSSR count). The molecule has 0 unspecified atom stereocenters. The molecule has 0 radical (unpaired) electrons. The van der Waals surface area contributed by atoms with Crippen LogP contribution in [0.1, 0.15) is 41.0 Å². The zero-order valence-electron chi connectivity index (χ0n) is 18.0. The first-order valence-electron chi connectivity index (χ1n) is 10.6. The number of carbonyl (C=O) groups is 1. The molecule has 6 nitrogen and oxygen atoms in total. The Morgan fingerprint density at radius 2 is 1.58 bits per heavy atom. The SMILES string of the molecule is CN(Cc1ccc(N2CCCCC2)cc1)C(=O)c1nnn(-c2ccc(F)cc2)c1C(F)(F)F. The normalized spacial score (nSPS) is 14.4. The fraction of sp³-hybridized carbons (Fsp3) is 0.348. The first kappa shape index (κ1) is 22.8. The summed E-state index contributed by atoms with van der Waals surface area (Å²) >= 11 is 0. The highest BCUT2D eigenvalue weighted by molar-refractivity contribution is 5.93. The monoisotopic (exact) mass is 461 g/mol. The minimum Gasteiger partial charge on any atom is -0.372 e. The van der Waals surface area contributed by atoms with Crippen molar-refractivity contribution >= 4 is 11.6 Å². The third-order valence-electron chi connectivity index (χ3n) is 5.64. The van der Waals surface area contributed by atoms with Gasteiger partial charge in [-0.15, -0.1) is 5.10 Å². The van der Waals surface area contributed by atoms with Crippen LogP contribution in [0.4, 0.5) is 23.2 Å². The zero-order chi connectivity index (χ0) is 23.6. The summed E-state index contributed by atoms with van der Waals surface area (Å²) in [6.45, 7) is 2.11. The van der Waals surface area contributed by atoms with Crippen LogP contribution in [0, 0.1) is 5.82 Å². The lowest BCUT2D eigenvalue weighted by atomic mass is 10.1. The van der Waals surface area contributed by atoms with Gasteiger partial charge in [-0.25, -0.2) is 9.07 Å². The Hall–Kier alpha value is -3.43. The Kier molecular flexibility index (Phi) is 6.35. The molecule has 1 amide bonds. The van der Waals surface area contributed by atoms with Crippen LogP contribution in [0.5, 0.6) is 0 Å². The molecule has 1 saturated heterocycles. The van der Waals surface area contributed by atoms with E-state index in [0.29, 0.717) is 4.68 Å². The lowest BCUT2D eigenvalue weighted by Gasteiger charge is -2.29. The fourth-order valence-corrected chi connectivity index (χ4v) is 3.93. The van der Waals surface area contributed by atoms with Crippen LogP contribution in [0.2, 0.25) is 0 Å². The second-order valence-electron chi connectivity index (χ2n) is 8.05. The summed E-state index contributed by atoms with van der Waals surface area (Å²) in [5, 5.41) is 7.05. The molecular weight excluding hydrogens is 438 g/mol. The lowest BCUT2D eigenvalue weighted by molar-refractivity contribution is -0.143. The van der Waals surface area contributed by atoms with Gasteiger partial charge in [0.2, 0.25) is 0 Å².